The van der Waals surface area contributed by atoms with Crippen LogP contribution >= 0.6 is 11.6 Å². The second-order valence-electron chi connectivity index (χ2n) is 2.96. The zero-order valence-corrected chi connectivity index (χ0v) is 9.26. The van der Waals surface area contributed by atoms with Gasteiger partial charge in [0.25, 0.3) is 0 Å². The van der Waals surface area contributed by atoms with E-state index in [1.165, 1.54) is 12.3 Å². The number of isocyanates is 1. The van der Waals surface area contributed by atoms with Gasteiger partial charge in [-0.3, -0.25) is 0 Å². The molecule has 0 spiro atoms. The molecule has 1 aromatic carbocycles. The first-order valence-corrected chi connectivity index (χ1v) is 5.00. The average Bonchev–Trinajstić information content (AvgIpc) is 2.32. The minimum Gasteiger partial charge on any atom is -0.439 e. The molecule has 0 bridgehead atoms. The Kier molecular flexibility index (Phi) is 3.45. The highest BCUT2D eigenvalue weighted by molar-refractivity contribution is 6.28. The highest BCUT2D eigenvalue weighted by atomic mass is 35.5. The van der Waals surface area contributed by atoms with E-state index in [0.29, 0.717) is 17.3 Å². The highest BCUT2D eigenvalue weighted by Gasteiger charge is 2.00. The van der Waals surface area contributed by atoms with Crippen LogP contribution in [0.15, 0.2) is 41.5 Å². The van der Waals surface area contributed by atoms with Gasteiger partial charge < -0.3 is 4.74 Å². The molecule has 84 valence electrons. The van der Waals surface area contributed by atoms with Crippen LogP contribution in [0.25, 0.3) is 0 Å². The van der Waals surface area contributed by atoms with Gasteiger partial charge in [0.1, 0.15) is 5.75 Å². The predicted octanol–water partition coefficient (Wildman–Crippen LogP) is 2.89. The van der Waals surface area contributed by atoms with Crippen LogP contribution in [-0.4, -0.2) is 16.0 Å². The molecule has 0 saturated heterocycles. The van der Waals surface area contributed by atoms with Gasteiger partial charge in [0.2, 0.25) is 17.2 Å². The topological polar surface area (TPSA) is 64.4 Å². The van der Waals surface area contributed by atoms with Crippen LogP contribution in [0.2, 0.25) is 5.28 Å². The van der Waals surface area contributed by atoms with E-state index in [-0.39, 0.29) is 5.28 Å². The van der Waals surface area contributed by atoms with E-state index in [0.717, 1.165) is 0 Å². The molecule has 5 nitrogen and oxygen atoms in total. The summed E-state index contributed by atoms with van der Waals surface area (Å²) in [5.74, 6) is 0.904. The summed E-state index contributed by atoms with van der Waals surface area (Å²) in [5.41, 5.74) is 0.507. The molecule has 0 aliphatic heterocycles. The monoisotopic (exact) mass is 247 g/mol. The molecule has 1 aromatic heterocycles. The average molecular weight is 248 g/mol. The van der Waals surface area contributed by atoms with Crippen LogP contribution < -0.4 is 4.74 Å². The number of benzene rings is 1. The van der Waals surface area contributed by atoms with Crippen molar-refractivity contribution in [3.63, 3.8) is 0 Å². The lowest BCUT2D eigenvalue weighted by molar-refractivity contribution is 0.461. The van der Waals surface area contributed by atoms with Gasteiger partial charge in [-0.05, 0) is 35.9 Å². The Morgan fingerprint density at radius 2 is 2.00 bits per heavy atom. The molecule has 0 fully saturated rings. The first-order valence-electron chi connectivity index (χ1n) is 4.62. The lowest BCUT2D eigenvalue weighted by Gasteiger charge is -2.03. The summed E-state index contributed by atoms with van der Waals surface area (Å²) < 4.78 is 5.42. The number of halogens is 1. The Morgan fingerprint density at radius 3 is 2.65 bits per heavy atom. The van der Waals surface area contributed by atoms with Crippen LogP contribution in [0, 0.1) is 0 Å². The maximum Gasteiger partial charge on any atom is 0.240 e. The number of hydrogen-bond acceptors (Lipinski definition) is 5. The van der Waals surface area contributed by atoms with Crippen molar-refractivity contribution in [3.8, 4) is 11.6 Å². The second kappa shape index (κ2) is 5.21. The Bertz CT molecular complexity index is 565. The van der Waals surface area contributed by atoms with Crippen molar-refractivity contribution in [3.05, 3.63) is 41.8 Å². The summed E-state index contributed by atoms with van der Waals surface area (Å²) in [4.78, 5) is 21.1. The molecule has 0 aliphatic rings. The molecule has 2 rings (SSSR count). The fraction of sp³-hybridized carbons (Fsp3) is 0. The third-order valence-electron chi connectivity index (χ3n) is 1.83. The Morgan fingerprint density at radius 1 is 1.24 bits per heavy atom. The van der Waals surface area contributed by atoms with Crippen LogP contribution in [-0.2, 0) is 4.79 Å². The highest BCUT2D eigenvalue weighted by Crippen LogP contribution is 2.22. The Labute approximate surface area is 102 Å². The minimum absolute atomic E-state index is 0.115. The lowest BCUT2D eigenvalue weighted by atomic mass is 10.3. The quantitative estimate of drug-likeness (QED) is 0.475. The summed E-state index contributed by atoms with van der Waals surface area (Å²) in [5, 5.41) is 0.115. The van der Waals surface area contributed by atoms with Crippen molar-refractivity contribution in [1.82, 2.24) is 9.97 Å². The lowest BCUT2D eigenvalue weighted by Crippen LogP contribution is -1.88. The van der Waals surface area contributed by atoms with Crippen molar-refractivity contribution < 1.29 is 9.53 Å². The smallest absolute Gasteiger partial charge is 0.240 e. The normalized spacial score (nSPS) is 9.47. The van der Waals surface area contributed by atoms with Crippen molar-refractivity contribution in [2.45, 2.75) is 0 Å². The van der Waals surface area contributed by atoms with Gasteiger partial charge in [-0.15, -0.1) is 0 Å². The van der Waals surface area contributed by atoms with Gasteiger partial charge in [-0.25, -0.2) is 9.78 Å². The standard InChI is InChI=1S/C11H6ClN3O2/c12-11-13-6-5-10(15-11)17-9-3-1-8(2-4-9)14-7-16/h1-6H. The van der Waals surface area contributed by atoms with E-state index in [1.54, 1.807) is 30.3 Å². The molecular formula is C11H6ClN3O2. The zero-order valence-electron chi connectivity index (χ0n) is 8.50. The minimum atomic E-state index is 0.115. The molecule has 0 amide bonds. The third-order valence-corrected chi connectivity index (χ3v) is 2.02. The number of ether oxygens (including phenoxy) is 1. The number of nitrogens with zero attached hydrogens (tertiary/aromatic N) is 3. The van der Waals surface area contributed by atoms with Crippen LogP contribution in [0.1, 0.15) is 0 Å². The van der Waals surface area contributed by atoms with Crippen molar-refractivity contribution >= 4 is 23.4 Å². The van der Waals surface area contributed by atoms with E-state index in [1.807, 2.05) is 0 Å². The summed E-state index contributed by atoms with van der Waals surface area (Å²) >= 11 is 5.62. The number of rotatable bonds is 3. The third kappa shape index (κ3) is 3.11. The van der Waals surface area contributed by atoms with Gasteiger partial charge in [0.05, 0.1) is 5.69 Å². The maximum atomic E-state index is 10.0. The van der Waals surface area contributed by atoms with Gasteiger partial charge in [0.15, 0.2) is 0 Å². The van der Waals surface area contributed by atoms with Gasteiger partial charge in [-0.1, -0.05) is 0 Å². The molecule has 0 atom stereocenters. The van der Waals surface area contributed by atoms with E-state index in [4.69, 9.17) is 16.3 Å². The fourth-order valence-electron chi connectivity index (χ4n) is 1.14. The van der Waals surface area contributed by atoms with E-state index in [2.05, 4.69) is 15.0 Å². The predicted molar refractivity (Wildman–Crippen MR) is 61.3 cm³/mol. The maximum absolute atomic E-state index is 10.0. The molecule has 0 radical (unpaired) electrons. The number of carbonyl (C=O) groups excluding carboxylic acids is 1. The van der Waals surface area contributed by atoms with Gasteiger partial charge >= 0.3 is 0 Å². The van der Waals surface area contributed by atoms with Crippen molar-refractivity contribution in [2.24, 2.45) is 4.99 Å². The van der Waals surface area contributed by atoms with E-state index >= 15 is 0 Å². The molecule has 0 N–H and O–H groups in total. The van der Waals surface area contributed by atoms with Crippen LogP contribution in [0.3, 0.4) is 0 Å². The first-order chi connectivity index (χ1) is 8.28. The van der Waals surface area contributed by atoms with Crippen LogP contribution in [0.5, 0.6) is 11.6 Å². The SMILES string of the molecule is O=C=Nc1ccc(Oc2ccnc(Cl)n2)cc1. The molecule has 2 aromatic rings. The van der Waals surface area contributed by atoms with Gasteiger partial charge in [0, 0.05) is 12.3 Å². The van der Waals surface area contributed by atoms with E-state index < -0.39 is 0 Å². The number of hydrogen-bond donors (Lipinski definition) is 0. The molecule has 0 unspecified atom stereocenters. The Hall–Kier alpha value is -2.23. The Balaban J connectivity index is 2.16. The van der Waals surface area contributed by atoms with Crippen molar-refractivity contribution in [1.29, 1.82) is 0 Å². The zero-order chi connectivity index (χ0) is 12.1. The fourth-order valence-corrected chi connectivity index (χ4v) is 1.28. The van der Waals surface area contributed by atoms with Crippen LogP contribution in [0.4, 0.5) is 5.69 Å². The molecule has 1 heterocycles. The largest absolute Gasteiger partial charge is 0.439 e. The molecule has 6 heteroatoms. The van der Waals surface area contributed by atoms with E-state index in [9.17, 15) is 4.79 Å². The number of aliphatic imine (C=N–C) groups is 1. The summed E-state index contributed by atoms with van der Waals surface area (Å²) in [6.45, 7) is 0. The molecule has 17 heavy (non-hydrogen) atoms. The van der Waals surface area contributed by atoms with Gasteiger partial charge in [-0.2, -0.15) is 9.98 Å². The summed E-state index contributed by atoms with van der Waals surface area (Å²) in [6.07, 6.45) is 2.95. The first kappa shape index (κ1) is 11.3. The summed E-state index contributed by atoms with van der Waals surface area (Å²) in [6, 6.07) is 8.16. The molecule has 0 saturated carbocycles. The second-order valence-corrected chi connectivity index (χ2v) is 3.30. The summed E-state index contributed by atoms with van der Waals surface area (Å²) in [7, 11) is 0. The molecular weight excluding hydrogens is 242 g/mol. The van der Waals surface area contributed by atoms with Crippen molar-refractivity contribution in [2.75, 3.05) is 0 Å². The molecule has 0 aliphatic carbocycles. The number of aromatic nitrogens is 2.